The number of nitrogens with one attached hydrogen (secondary N) is 1. The minimum Gasteiger partial charge on any atom is -0.341 e. The molecule has 1 rings (SSSR count). The van der Waals surface area contributed by atoms with Gasteiger partial charge in [-0.3, -0.25) is 19.7 Å². The fourth-order valence-electron chi connectivity index (χ4n) is 1.33. The van der Waals surface area contributed by atoms with Gasteiger partial charge in [0.25, 0.3) is 11.6 Å². The van der Waals surface area contributed by atoms with Crippen LogP contribution >= 0.6 is 0 Å². The summed E-state index contributed by atoms with van der Waals surface area (Å²) in [5.41, 5.74) is 8.21. The van der Waals surface area contributed by atoms with Crippen LogP contribution in [-0.2, 0) is 14.4 Å². The summed E-state index contributed by atoms with van der Waals surface area (Å²) in [6.07, 6.45) is -0.106. The van der Waals surface area contributed by atoms with E-state index in [1.807, 2.05) is 5.48 Å². The highest BCUT2D eigenvalue weighted by Crippen LogP contribution is 2.18. The van der Waals surface area contributed by atoms with Crippen LogP contribution in [0.4, 0.5) is 5.69 Å². The van der Waals surface area contributed by atoms with E-state index in [0.29, 0.717) is 5.56 Å². The fourth-order valence-corrected chi connectivity index (χ4v) is 1.33. The zero-order chi connectivity index (χ0) is 14.4. The maximum Gasteiger partial charge on any atom is 0.329 e. The molecule has 1 aromatic rings. The van der Waals surface area contributed by atoms with Gasteiger partial charge in [0.2, 0.25) is 0 Å². The van der Waals surface area contributed by atoms with E-state index in [1.54, 1.807) is 0 Å². The second-order valence-corrected chi connectivity index (χ2v) is 3.78. The molecule has 102 valence electrons. The van der Waals surface area contributed by atoms with E-state index in [9.17, 15) is 19.7 Å². The predicted molar refractivity (Wildman–Crippen MR) is 64.6 cm³/mol. The van der Waals surface area contributed by atoms with E-state index in [4.69, 9.17) is 5.73 Å². The number of hydroxylamine groups is 1. The number of carbonyl (C=O) groups is 2. The van der Waals surface area contributed by atoms with Gasteiger partial charge >= 0.3 is 5.97 Å². The van der Waals surface area contributed by atoms with Gasteiger partial charge in [0, 0.05) is 31.5 Å². The molecule has 0 saturated heterocycles. The summed E-state index contributed by atoms with van der Waals surface area (Å²) >= 11 is 0. The molecule has 19 heavy (non-hydrogen) atoms. The second kappa shape index (κ2) is 6.45. The highest BCUT2D eigenvalue weighted by Gasteiger charge is 2.14. The standard InChI is InChI=1S/C11H13N3O5/c1-7(15)19-13-11(16)6-10(12)8-2-4-9(5-3-8)14(17)18/h2-5,10H,6,12H2,1H3,(H,13,16)/t10-/m0/s1. The second-order valence-electron chi connectivity index (χ2n) is 3.78. The quantitative estimate of drug-likeness (QED) is 0.607. The lowest BCUT2D eigenvalue weighted by molar-refractivity contribution is -0.384. The maximum atomic E-state index is 11.3. The minimum absolute atomic E-state index is 0.0553. The first-order valence-electron chi connectivity index (χ1n) is 5.36. The van der Waals surface area contributed by atoms with Crippen LogP contribution in [0.15, 0.2) is 24.3 Å². The van der Waals surface area contributed by atoms with Crippen molar-refractivity contribution in [2.45, 2.75) is 19.4 Å². The Morgan fingerprint density at radius 2 is 2.00 bits per heavy atom. The Morgan fingerprint density at radius 3 is 2.47 bits per heavy atom. The molecule has 0 fully saturated rings. The van der Waals surface area contributed by atoms with E-state index in [0.717, 1.165) is 6.92 Å². The summed E-state index contributed by atoms with van der Waals surface area (Å²) in [5.74, 6) is -1.20. The maximum absolute atomic E-state index is 11.3. The summed E-state index contributed by atoms with van der Waals surface area (Å²) < 4.78 is 0. The molecule has 0 heterocycles. The van der Waals surface area contributed by atoms with Crippen LogP contribution in [-0.4, -0.2) is 16.8 Å². The molecule has 0 saturated carbocycles. The number of rotatable bonds is 4. The molecule has 1 atom stereocenters. The van der Waals surface area contributed by atoms with Gasteiger partial charge in [0.15, 0.2) is 0 Å². The van der Waals surface area contributed by atoms with E-state index in [1.165, 1.54) is 24.3 Å². The van der Waals surface area contributed by atoms with E-state index >= 15 is 0 Å². The molecule has 0 aromatic heterocycles. The number of non-ortho nitro benzene ring substituents is 1. The number of amides is 1. The van der Waals surface area contributed by atoms with Gasteiger partial charge in [-0.2, -0.15) is 5.48 Å². The number of nitrogens with zero attached hydrogens (tertiary/aromatic N) is 1. The number of carbonyl (C=O) groups excluding carboxylic acids is 2. The van der Waals surface area contributed by atoms with Crippen molar-refractivity contribution < 1.29 is 19.3 Å². The third-order valence-electron chi connectivity index (χ3n) is 2.25. The van der Waals surface area contributed by atoms with E-state index in [2.05, 4.69) is 4.84 Å². The molecule has 8 heteroatoms. The van der Waals surface area contributed by atoms with Gasteiger partial charge in [-0.05, 0) is 5.56 Å². The Kier molecular flexibility index (Phi) is 4.95. The van der Waals surface area contributed by atoms with Crippen LogP contribution in [0, 0.1) is 10.1 Å². The van der Waals surface area contributed by atoms with Crippen LogP contribution in [0.3, 0.4) is 0 Å². The Hall–Kier alpha value is -2.48. The molecule has 0 aliphatic carbocycles. The lowest BCUT2D eigenvalue weighted by Gasteiger charge is -2.11. The molecular weight excluding hydrogens is 254 g/mol. The monoisotopic (exact) mass is 267 g/mol. The number of nitro benzene ring substituents is 1. The lowest BCUT2D eigenvalue weighted by atomic mass is 10.0. The largest absolute Gasteiger partial charge is 0.341 e. The van der Waals surface area contributed by atoms with Gasteiger partial charge in [-0.15, -0.1) is 0 Å². The normalized spacial score (nSPS) is 11.5. The van der Waals surface area contributed by atoms with Crippen molar-refractivity contribution in [2.75, 3.05) is 0 Å². The van der Waals surface area contributed by atoms with Crippen molar-refractivity contribution in [3.8, 4) is 0 Å². The van der Waals surface area contributed by atoms with Gasteiger partial charge in [-0.25, -0.2) is 0 Å². The molecular formula is C11H13N3O5. The summed E-state index contributed by atoms with van der Waals surface area (Å²) in [7, 11) is 0. The summed E-state index contributed by atoms with van der Waals surface area (Å²) in [4.78, 5) is 36.1. The number of hydrogen-bond acceptors (Lipinski definition) is 6. The van der Waals surface area contributed by atoms with Gasteiger partial charge < -0.3 is 10.6 Å². The fraction of sp³-hybridized carbons (Fsp3) is 0.273. The molecule has 0 radical (unpaired) electrons. The van der Waals surface area contributed by atoms with E-state index < -0.39 is 22.8 Å². The SMILES string of the molecule is CC(=O)ONC(=O)C[C@H](N)c1ccc([N+](=O)[O-])cc1. The van der Waals surface area contributed by atoms with Crippen molar-refractivity contribution in [3.63, 3.8) is 0 Å². The summed E-state index contributed by atoms with van der Waals surface area (Å²) in [6.45, 7) is 1.15. The van der Waals surface area contributed by atoms with Crippen molar-refractivity contribution in [1.29, 1.82) is 0 Å². The molecule has 1 amide bonds. The predicted octanol–water partition coefficient (Wildman–Crippen LogP) is 0.579. The highest BCUT2D eigenvalue weighted by molar-refractivity contribution is 5.77. The third kappa shape index (κ3) is 4.72. The smallest absolute Gasteiger partial charge is 0.329 e. The minimum atomic E-state index is -0.642. The zero-order valence-electron chi connectivity index (χ0n) is 10.2. The van der Waals surface area contributed by atoms with Gasteiger partial charge in [-0.1, -0.05) is 12.1 Å². The molecule has 8 nitrogen and oxygen atoms in total. The molecule has 0 bridgehead atoms. The number of benzene rings is 1. The van der Waals surface area contributed by atoms with Crippen LogP contribution in [0.1, 0.15) is 24.9 Å². The zero-order valence-corrected chi connectivity index (χ0v) is 10.2. The van der Waals surface area contributed by atoms with Crippen molar-refractivity contribution in [1.82, 2.24) is 5.48 Å². The average Bonchev–Trinajstić information content (AvgIpc) is 2.36. The van der Waals surface area contributed by atoms with Crippen molar-refractivity contribution in [3.05, 3.63) is 39.9 Å². The average molecular weight is 267 g/mol. The number of nitrogens with two attached hydrogens (primary N) is 1. The Labute approximate surface area is 108 Å². The van der Waals surface area contributed by atoms with Crippen LogP contribution in [0.25, 0.3) is 0 Å². The summed E-state index contributed by atoms with van der Waals surface area (Å²) in [5, 5.41) is 10.5. The number of hydrogen-bond donors (Lipinski definition) is 2. The van der Waals surface area contributed by atoms with Crippen LogP contribution in [0.5, 0.6) is 0 Å². The Bertz CT molecular complexity index is 486. The third-order valence-corrected chi connectivity index (χ3v) is 2.25. The molecule has 0 spiro atoms. The van der Waals surface area contributed by atoms with Crippen LogP contribution in [0.2, 0.25) is 0 Å². The summed E-state index contributed by atoms with van der Waals surface area (Å²) in [6, 6.07) is 4.92. The first-order chi connectivity index (χ1) is 8.90. The Morgan fingerprint density at radius 1 is 1.42 bits per heavy atom. The lowest BCUT2D eigenvalue weighted by Crippen LogP contribution is -2.29. The van der Waals surface area contributed by atoms with Crippen molar-refractivity contribution in [2.24, 2.45) is 5.73 Å². The molecule has 3 N–H and O–H groups in total. The first kappa shape index (κ1) is 14.6. The van der Waals surface area contributed by atoms with Gasteiger partial charge in [0.05, 0.1) is 4.92 Å². The number of nitro groups is 1. The Balaban J connectivity index is 2.57. The molecule has 0 aliphatic rings. The van der Waals surface area contributed by atoms with Crippen LogP contribution < -0.4 is 11.2 Å². The highest BCUT2D eigenvalue weighted by atomic mass is 16.7. The first-order valence-corrected chi connectivity index (χ1v) is 5.36. The molecule has 1 aromatic carbocycles. The van der Waals surface area contributed by atoms with Gasteiger partial charge in [0.1, 0.15) is 0 Å². The van der Waals surface area contributed by atoms with E-state index in [-0.39, 0.29) is 12.1 Å². The molecule has 0 unspecified atom stereocenters. The van der Waals surface area contributed by atoms with Crippen molar-refractivity contribution >= 4 is 17.6 Å². The topological polar surface area (TPSA) is 125 Å². The molecule has 0 aliphatic heterocycles.